The van der Waals surface area contributed by atoms with Gasteiger partial charge in [-0.1, -0.05) is 19.8 Å². The Bertz CT molecular complexity index is 387. The van der Waals surface area contributed by atoms with E-state index in [-0.39, 0.29) is 5.54 Å². The third-order valence-corrected chi connectivity index (χ3v) is 4.25. The van der Waals surface area contributed by atoms with Gasteiger partial charge in [-0.25, -0.2) is 0 Å². The fourth-order valence-corrected chi connectivity index (χ4v) is 2.98. The topological polar surface area (TPSA) is 30.5 Å². The van der Waals surface area contributed by atoms with E-state index in [0.29, 0.717) is 0 Å². The summed E-state index contributed by atoms with van der Waals surface area (Å²) in [6, 6.07) is 6.22. The molecule has 0 aliphatic carbocycles. The van der Waals surface area contributed by atoms with Crippen molar-refractivity contribution >= 4 is 0 Å². The molecule has 0 radical (unpaired) electrons. The standard InChI is InChI=1S/C16H25NO2/c1-4-16(8-6-5-7-9-17-16)13-10-14(18-2)12-15(11-13)19-3/h10-12,17H,4-9H2,1-3H3. The third-order valence-electron chi connectivity index (χ3n) is 4.25. The molecule has 1 atom stereocenters. The number of rotatable bonds is 4. The number of hydrogen-bond acceptors (Lipinski definition) is 3. The molecule has 0 aromatic heterocycles. The Morgan fingerprint density at radius 1 is 1.05 bits per heavy atom. The second kappa shape index (κ2) is 6.29. The van der Waals surface area contributed by atoms with Crippen molar-refractivity contribution in [2.45, 2.75) is 44.6 Å². The highest BCUT2D eigenvalue weighted by molar-refractivity contribution is 5.41. The fourth-order valence-electron chi connectivity index (χ4n) is 2.98. The zero-order chi connectivity index (χ0) is 13.7. The smallest absolute Gasteiger partial charge is 0.122 e. The lowest BCUT2D eigenvalue weighted by molar-refractivity contribution is 0.308. The van der Waals surface area contributed by atoms with Gasteiger partial charge in [0.05, 0.1) is 14.2 Å². The van der Waals surface area contributed by atoms with Gasteiger partial charge < -0.3 is 14.8 Å². The first-order valence-corrected chi connectivity index (χ1v) is 7.22. The molecule has 0 saturated carbocycles. The van der Waals surface area contributed by atoms with Crippen LogP contribution in [0.4, 0.5) is 0 Å². The highest BCUT2D eigenvalue weighted by Crippen LogP contribution is 2.36. The van der Waals surface area contributed by atoms with Crippen LogP contribution in [0.25, 0.3) is 0 Å². The minimum atomic E-state index is 0.0678. The van der Waals surface area contributed by atoms with Crippen LogP contribution in [0.2, 0.25) is 0 Å². The summed E-state index contributed by atoms with van der Waals surface area (Å²) in [6.07, 6.45) is 6.13. The second-order valence-electron chi connectivity index (χ2n) is 5.27. The molecule has 3 nitrogen and oxygen atoms in total. The highest BCUT2D eigenvalue weighted by atomic mass is 16.5. The molecule has 1 unspecified atom stereocenters. The first-order valence-electron chi connectivity index (χ1n) is 7.22. The van der Waals surface area contributed by atoms with Gasteiger partial charge in [-0.2, -0.15) is 0 Å². The maximum absolute atomic E-state index is 5.40. The van der Waals surface area contributed by atoms with Gasteiger partial charge in [0.25, 0.3) is 0 Å². The van der Waals surface area contributed by atoms with Gasteiger partial charge in [0.1, 0.15) is 11.5 Å². The number of benzene rings is 1. The molecule has 2 rings (SSSR count). The Kier molecular flexibility index (Phi) is 4.70. The van der Waals surface area contributed by atoms with Crippen LogP contribution >= 0.6 is 0 Å². The average molecular weight is 263 g/mol. The Labute approximate surface area is 116 Å². The van der Waals surface area contributed by atoms with Crippen molar-refractivity contribution in [2.24, 2.45) is 0 Å². The summed E-state index contributed by atoms with van der Waals surface area (Å²) in [5, 5.41) is 3.75. The van der Waals surface area contributed by atoms with Gasteiger partial charge >= 0.3 is 0 Å². The van der Waals surface area contributed by atoms with Crippen molar-refractivity contribution in [3.05, 3.63) is 23.8 Å². The SMILES string of the molecule is CCC1(c2cc(OC)cc(OC)c2)CCCCCN1. The molecule has 1 aliphatic heterocycles. The molecule has 1 saturated heterocycles. The van der Waals surface area contributed by atoms with Crippen molar-refractivity contribution in [1.29, 1.82) is 0 Å². The summed E-state index contributed by atoms with van der Waals surface area (Å²) in [5.74, 6) is 1.74. The third kappa shape index (κ3) is 3.03. The van der Waals surface area contributed by atoms with Gasteiger partial charge in [-0.3, -0.25) is 0 Å². The molecule has 1 N–H and O–H groups in total. The molecule has 1 fully saturated rings. The number of ether oxygens (including phenoxy) is 2. The van der Waals surface area contributed by atoms with E-state index in [2.05, 4.69) is 24.4 Å². The minimum absolute atomic E-state index is 0.0678. The molecule has 19 heavy (non-hydrogen) atoms. The fraction of sp³-hybridized carbons (Fsp3) is 0.625. The Morgan fingerprint density at radius 3 is 2.32 bits per heavy atom. The first-order chi connectivity index (χ1) is 9.24. The average Bonchev–Trinajstić information content (AvgIpc) is 2.73. The second-order valence-corrected chi connectivity index (χ2v) is 5.27. The predicted molar refractivity (Wildman–Crippen MR) is 78.0 cm³/mol. The molecule has 1 aromatic rings. The van der Waals surface area contributed by atoms with Gasteiger partial charge in [-0.15, -0.1) is 0 Å². The van der Waals surface area contributed by atoms with E-state index >= 15 is 0 Å². The largest absolute Gasteiger partial charge is 0.497 e. The lowest BCUT2D eigenvalue weighted by atomic mass is 9.83. The summed E-state index contributed by atoms with van der Waals surface area (Å²) in [5.41, 5.74) is 1.35. The molecule has 1 aromatic carbocycles. The van der Waals surface area contributed by atoms with Crippen LogP contribution in [-0.2, 0) is 5.54 Å². The first kappa shape index (κ1) is 14.2. The molecular weight excluding hydrogens is 238 g/mol. The Morgan fingerprint density at radius 2 is 1.74 bits per heavy atom. The van der Waals surface area contributed by atoms with E-state index in [9.17, 15) is 0 Å². The quantitative estimate of drug-likeness (QED) is 0.902. The summed E-state index contributed by atoms with van der Waals surface area (Å²) < 4.78 is 10.8. The number of nitrogens with one attached hydrogen (secondary N) is 1. The normalized spacial score (nSPS) is 23.7. The number of methoxy groups -OCH3 is 2. The Balaban J connectivity index is 2.40. The van der Waals surface area contributed by atoms with Gasteiger partial charge in [-0.05, 0) is 43.5 Å². The Hall–Kier alpha value is -1.22. The molecular formula is C16H25NO2. The van der Waals surface area contributed by atoms with E-state index in [4.69, 9.17) is 9.47 Å². The van der Waals surface area contributed by atoms with E-state index < -0.39 is 0 Å². The number of hydrogen-bond donors (Lipinski definition) is 1. The highest BCUT2D eigenvalue weighted by Gasteiger charge is 2.31. The predicted octanol–water partition coefficient (Wildman–Crippen LogP) is 3.47. The zero-order valence-electron chi connectivity index (χ0n) is 12.3. The van der Waals surface area contributed by atoms with E-state index in [0.717, 1.165) is 24.5 Å². The van der Waals surface area contributed by atoms with E-state index in [1.165, 1.54) is 31.2 Å². The summed E-state index contributed by atoms with van der Waals surface area (Å²) in [7, 11) is 3.41. The lowest BCUT2D eigenvalue weighted by Crippen LogP contribution is -2.41. The van der Waals surface area contributed by atoms with Crippen LogP contribution < -0.4 is 14.8 Å². The maximum atomic E-state index is 5.40. The zero-order valence-corrected chi connectivity index (χ0v) is 12.3. The van der Waals surface area contributed by atoms with Gasteiger partial charge in [0.15, 0.2) is 0 Å². The van der Waals surface area contributed by atoms with Gasteiger partial charge in [0.2, 0.25) is 0 Å². The molecule has 0 spiro atoms. The molecule has 3 heteroatoms. The molecule has 1 aliphatic rings. The summed E-state index contributed by atoms with van der Waals surface area (Å²) in [4.78, 5) is 0. The van der Waals surface area contributed by atoms with Crippen LogP contribution in [0.3, 0.4) is 0 Å². The summed E-state index contributed by atoms with van der Waals surface area (Å²) >= 11 is 0. The van der Waals surface area contributed by atoms with Crippen molar-refractivity contribution < 1.29 is 9.47 Å². The molecule has 1 heterocycles. The van der Waals surface area contributed by atoms with Crippen molar-refractivity contribution in [3.63, 3.8) is 0 Å². The van der Waals surface area contributed by atoms with E-state index in [1.54, 1.807) is 14.2 Å². The van der Waals surface area contributed by atoms with E-state index in [1.807, 2.05) is 6.07 Å². The van der Waals surface area contributed by atoms with Crippen LogP contribution in [0.15, 0.2) is 18.2 Å². The maximum Gasteiger partial charge on any atom is 0.122 e. The van der Waals surface area contributed by atoms with Gasteiger partial charge in [0, 0.05) is 11.6 Å². The van der Waals surface area contributed by atoms with Crippen LogP contribution in [0.5, 0.6) is 11.5 Å². The minimum Gasteiger partial charge on any atom is -0.497 e. The monoisotopic (exact) mass is 263 g/mol. The molecule has 106 valence electrons. The van der Waals surface area contributed by atoms with Crippen LogP contribution in [0, 0.1) is 0 Å². The van der Waals surface area contributed by atoms with Crippen molar-refractivity contribution in [1.82, 2.24) is 5.32 Å². The van der Waals surface area contributed by atoms with Crippen LogP contribution in [0.1, 0.15) is 44.6 Å². The summed E-state index contributed by atoms with van der Waals surface area (Å²) in [6.45, 7) is 3.34. The van der Waals surface area contributed by atoms with Crippen LogP contribution in [-0.4, -0.2) is 20.8 Å². The molecule has 0 amide bonds. The molecule has 0 bridgehead atoms. The lowest BCUT2D eigenvalue weighted by Gasteiger charge is -2.34. The van der Waals surface area contributed by atoms with Crippen molar-refractivity contribution in [3.8, 4) is 11.5 Å². The van der Waals surface area contributed by atoms with Crippen molar-refractivity contribution in [2.75, 3.05) is 20.8 Å².